The minimum Gasteiger partial charge on any atom is -0.481 e. The Labute approximate surface area is 130 Å². The fourth-order valence-corrected chi connectivity index (χ4v) is 2.29. The first kappa shape index (κ1) is 15.9. The van der Waals surface area contributed by atoms with Gasteiger partial charge in [-0.2, -0.15) is 0 Å². The lowest BCUT2D eigenvalue weighted by molar-refractivity contribution is -0.148. The Balaban J connectivity index is 2.06. The van der Waals surface area contributed by atoms with E-state index in [2.05, 4.69) is 21.2 Å². The molecule has 0 aromatic heterocycles. The molecular weight excluding hydrogens is 342 g/mol. The van der Waals surface area contributed by atoms with Gasteiger partial charge >= 0.3 is 5.97 Å². The van der Waals surface area contributed by atoms with E-state index in [0.717, 1.165) is 10.0 Å². The van der Waals surface area contributed by atoms with E-state index >= 15 is 0 Å². The molecule has 0 aliphatic carbocycles. The number of rotatable bonds is 5. The lowest BCUT2D eigenvalue weighted by atomic mass is 10.0. The average Bonchev–Trinajstić information content (AvgIpc) is 2.48. The summed E-state index contributed by atoms with van der Waals surface area (Å²) in [5, 5.41) is 11.7. The van der Waals surface area contributed by atoms with E-state index < -0.39 is 18.1 Å². The van der Waals surface area contributed by atoms with Crippen molar-refractivity contribution in [2.45, 2.75) is 18.6 Å². The van der Waals surface area contributed by atoms with Crippen LogP contribution >= 0.6 is 15.9 Å². The van der Waals surface area contributed by atoms with E-state index in [1.165, 1.54) is 0 Å². The molecular formula is C14H16BrNO5. The zero-order valence-corrected chi connectivity index (χ0v) is 12.8. The first-order chi connectivity index (χ1) is 10.1. The van der Waals surface area contributed by atoms with Crippen molar-refractivity contribution in [3.05, 3.63) is 34.3 Å². The van der Waals surface area contributed by atoms with Gasteiger partial charge in [0.05, 0.1) is 32.3 Å². The van der Waals surface area contributed by atoms with Gasteiger partial charge in [-0.15, -0.1) is 0 Å². The van der Waals surface area contributed by atoms with Crippen molar-refractivity contribution in [1.29, 1.82) is 0 Å². The molecule has 1 aromatic carbocycles. The van der Waals surface area contributed by atoms with Gasteiger partial charge in [-0.25, -0.2) is 0 Å². The smallest absolute Gasteiger partial charge is 0.305 e. The van der Waals surface area contributed by atoms with E-state index in [1.54, 1.807) is 24.3 Å². The number of halogens is 1. The van der Waals surface area contributed by atoms with Crippen LogP contribution in [0.5, 0.6) is 0 Å². The van der Waals surface area contributed by atoms with Crippen molar-refractivity contribution in [3.8, 4) is 0 Å². The summed E-state index contributed by atoms with van der Waals surface area (Å²) < 4.78 is 11.4. The summed E-state index contributed by atoms with van der Waals surface area (Å²) in [6.07, 6.45) is -0.883. The summed E-state index contributed by atoms with van der Waals surface area (Å²) in [4.78, 5) is 23.1. The molecule has 2 unspecified atom stereocenters. The molecule has 1 aliphatic heterocycles. The van der Waals surface area contributed by atoms with Gasteiger partial charge < -0.3 is 19.9 Å². The maximum absolute atomic E-state index is 12.1. The molecule has 0 radical (unpaired) electrons. The van der Waals surface area contributed by atoms with Gasteiger partial charge in [0, 0.05) is 4.47 Å². The Morgan fingerprint density at radius 2 is 2.05 bits per heavy atom. The van der Waals surface area contributed by atoms with Crippen molar-refractivity contribution in [2.75, 3.05) is 19.8 Å². The lowest BCUT2D eigenvalue weighted by Gasteiger charge is -2.25. The highest BCUT2D eigenvalue weighted by Crippen LogP contribution is 2.20. The van der Waals surface area contributed by atoms with Gasteiger partial charge in [0.25, 0.3) is 5.91 Å². The summed E-state index contributed by atoms with van der Waals surface area (Å²) in [7, 11) is 0. The Morgan fingerprint density at radius 3 is 2.62 bits per heavy atom. The zero-order chi connectivity index (χ0) is 15.2. The van der Waals surface area contributed by atoms with Gasteiger partial charge in [0.1, 0.15) is 0 Å². The molecule has 1 fully saturated rings. The van der Waals surface area contributed by atoms with Crippen LogP contribution in [-0.4, -0.2) is 42.9 Å². The number of hydrogen-bond acceptors (Lipinski definition) is 4. The third-order valence-electron chi connectivity index (χ3n) is 3.08. The molecule has 1 heterocycles. The van der Waals surface area contributed by atoms with Crippen LogP contribution in [0, 0.1) is 0 Å². The standard InChI is InChI=1S/C14H16BrNO5/c15-10-3-1-9(2-4-10)11(7-13(17)18)16-14(19)12-8-20-5-6-21-12/h1-4,11-12H,5-8H2,(H,16,19)(H,17,18). The summed E-state index contributed by atoms with van der Waals surface area (Å²) in [6.45, 7) is 1.01. The molecule has 2 rings (SSSR count). The number of ether oxygens (including phenoxy) is 2. The van der Waals surface area contributed by atoms with Crippen LogP contribution in [0.1, 0.15) is 18.0 Å². The number of hydrogen-bond donors (Lipinski definition) is 2. The number of amides is 1. The van der Waals surface area contributed by atoms with Gasteiger partial charge in [-0.05, 0) is 17.7 Å². The maximum atomic E-state index is 12.1. The van der Waals surface area contributed by atoms with Crippen molar-refractivity contribution >= 4 is 27.8 Å². The third-order valence-corrected chi connectivity index (χ3v) is 3.60. The topological polar surface area (TPSA) is 84.9 Å². The summed E-state index contributed by atoms with van der Waals surface area (Å²) in [5.41, 5.74) is 0.727. The highest BCUT2D eigenvalue weighted by atomic mass is 79.9. The van der Waals surface area contributed by atoms with Gasteiger partial charge in [0.15, 0.2) is 6.10 Å². The number of nitrogens with one attached hydrogen (secondary N) is 1. The molecule has 2 atom stereocenters. The third kappa shape index (κ3) is 4.80. The maximum Gasteiger partial charge on any atom is 0.305 e. The fourth-order valence-electron chi connectivity index (χ4n) is 2.03. The summed E-state index contributed by atoms with van der Waals surface area (Å²) in [6, 6.07) is 6.55. The second-order valence-corrected chi connectivity index (χ2v) is 5.56. The van der Waals surface area contributed by atoms with Crippen LogP contribution < -0.4 is 5.32 Å². The quantitative estimate of drug-likeness (QED) is 0.833. The largest absolute Gasteiger partial charge is 0.481 e. The molecule has 1 aliphatic rings. The molecule has 114 valence electrons. The Morgan fingerprint density at radius 1 is 1.33 bits per heavy atom. The van der Waals surface area contributed by atoms with Crippen LogP contribution in [0.25, 0.3) is 0 Å². The molecule has 0 bridgehead atoms. The second-order valence-electron chi connectivity index (χ2n) is 4.64. The molecule has 0 spiro atoms. The van der Waals surface area contributed by atoms with Crippen LogP contribution in [-0.2, 0) is 19.1 Å². The number of carboxylic acids is 1. The minimum absolute atomic E-state index is 0.186. The number of aliphatic carboxylic acids is 1. The molecule has 7 heteroatoms. The van der Waals surface area contributed by atoms with Crippen molar-refractivity contribution < 1.29 is 24.2 Å². The molecule has 6 nitrogen and oxygen atoms in total. The van der Waals surface area contributed by atoms with Gasteiger partial charge in [0.2, 0.25) is 0 Å². The predicted octanol–water partition coefficient (Wildman–Crippen LogP) is 1.50. The zero-order valence-electron chi connectivity index (χ0n) is 11.3. The second kappa shape index (κ2) is 7.53. The molecule has 1 aromatic rings. The van der Waals surface area contributed by atoms with Crippen molar-refractivity contribution in [2.24, 2.45) is 0 Å². The molecule has 2 N–H and O–H groups in total. The summed E-state index contributed by atoms with van der Waals surface area (Å²) in [5.74, 6) is -1.34. The van der Waals surface area contributed by atoms with Crippen LogP contribution in [0.4, 0.5) is 0 Å². The van der Waals surface area contributed by atoms with E-state index in [0.29, 0.717) is 13.2 Å². The average molecular weight is 358 g/mol. The SMILES string of the molecule is O=C(O)CC(NC(=O)C1COCCO1)c1ccc(Br)cc1. The molecule has 1 amide bonds. The van der Waals surface area contributed by atoms with Crippen molar-refractivity contribution in [1.82, 2.24) is 5.32 Å². The van der Waals surface area contributed by atoms with Gasteiger partial charge in [-0.1, -0.05) is 28.1 Å². The number of benzene rings is 1. The van der Waals surface area contributed by atoms with E-state index in [-0.39, 0.29) is 18.9 Å². The van der Waals surface area contributed by atoms with Crippen LogP contribution in [0.2, 0.25) is 0 Å². The number of carboxylic acid groups (broad SMARTS) is 1. The van der Waals surface area contributed by atoms with E-state index in [4.69, 9.17) is 14.6 Å². The van der Waals surface area contributed by atoms with E-state index in [1.807, 2.05) is 0 Å². The van der Waals surface area contributed by atoms with Crippen LogP contribution in [0.3, 0.4) is 0 Å². The van der Waals surface area contributed by atoms with Gasteiger partial charge in [-0.3, -0.25) is 9.59 Å². The Bertz CT molecular complexity index is 499. The van der Waals surface area contributed by atoms with E-state index in [9.17, 15) is 9.59 Å². The number of carbonyl (C=O) groups excluding carboxylic acids is 1. The Hall–Kier alpha value is -1.44. The number of carbonyl (C=O) groups is 2. The predicted molar refractivity (Wildman–Crippen MR) is 77.8 cm³/mol. The van der Waals surface area contributed by atoms with Crippen molar-refractivity contribution in [3.63, 3.8) is 0 Å². The monoisotopic (exact) mass is 357 g/mol. The first-order valence-corrected chi connectivity index (χ1v) is 7.32. The highest BCUT2D eigenvalue weighted by molar-refractivity contribution is 9.10. The minimum atomic E-state index is -0.982. The van der Waals surface area contributed by atoms with Crippen LogP contribution in [0.15, 0.2) is 28.7 Å². The molecule has 21 heavy (non-hydrogen) atoms. The molecule has 1 saturated heterocycles. The first-order valence-electron chi connectivity index (χ1n) is 6.53. The highest BCUT2D eigenvalue weighted by Gasteiger charge is 2.26. The fraction of sp³-hybridized carbons (Fsp3) is 0.429. The summed E-state index contributed by atoms with van der Waals surface area (Å²) >= 11 is 3.32. The normalized spacial score (nSPS) is 19.8. The molecule has 0 saturated carbocycles. The lowest BCUT2D eigenvalue weighted by Crippen LogP contribution is -2.44. The Kier molecular flexibility index (Phi) is 5.72.